The van der Waals surface area contributed by atoms with Gasteiger partial charge in [0.1, 0.15) is 0 Å². The van der Waals surface area contributed by atoms with Gasteiger partial charge >= 0.3 is 6.18 Å². The van der Waals surface area contributed by atoms with Crippen molar-refractivity contribution >= 4 is 29.9 Å². The van der Waals surface area contributed by atoms with E-state index in [4.69, 9.17) is 9.47 Å². The molecule has 0 aliphatic carbocycles. The third-order valence-electron chi connectivity index (χ3n) is 4.54. The molecule has 0 aromatic heterocycles. The molecule has 0 unspecified atom stereocenters. The standard InChI is InChI=1S/C22H30F3N3O2.HI/c1-2-26-21(28-13-4-14-30-17-19-10-15-29-16-11-19)27-12-3-5-18-6-8-20(9-7-18)22(23,24)25;/h6-9,19H,2,4,10-17H2,1H3,(H2,26,27,28);1H. The van der Waals surface area contributed by atoms with E-state index in [0.29, 0.717) is 37.1 Å². The molecule has 5 nitrogen and oxygen atoms in total. The highest BCUT2D eigenvalue weighted by Gasteiger charge is 2.29. The molecule has 31 heavy (non-hydrogen) atoms. The highest BCUT2D eigenvalue weighted by atomic mass is 127. The van der Waals surface area contributed by atoms with E-state index in [1.807, 2.05) is 6.92 Å². The zero-order chi connectivity index (χ0) is 21.7. The first kappa shape index (κ1) is 27.5. The van der Waals surface area contributed by atoms with Crippen LogP contribution in [0.2, 0.25) is 0 Å². The Kier molecular flexibility index (Phi) is 13.6. The van der Waals surface area contributed by atoms with E-state index in [9.17, 15) is 13.2 Å². The molecule has 1 saturated heterocycles. The Labute approximate surface area is 199 Å². The fraction of sp³-hybridized carbons (Fsp3) is 0.591. The topological polar surface area (TPSA) is 54.9 Å². The van der Waals surface area contributed by atoms with Crippen molar-refractivity contribution in [2.24, 2.45) is 10.9 Å². The van der Waals surface area contributed by atoms with Crippen molar-refractivity contribution in [3.05, 3.63) is 35.4 Å². The van der Waals surface area contributed by atoms with E-state index in [2.05, 4.69) is 27.5 Å². The quantitative estimate of drug-likeness (QED) is 0.168. The number of hydrogen-bond acceptors (Lipinski definition) is 3. The highest BCUT2D eigenvalue weighted by molar-refractivity contribution is 14.0. The van der Waals surface area contributed by atoms with Crippen molar-refractivity contribution in [2.45, 2.75) is 32.4 Å². The Morgan fingerprint density at radius 3 is 2.55 bits per heavy atom. The molecule has 2 rings (SSSR count). The van der Waals surface area contributed by atoms with Gasteiger partial charge in [-0.3, -0.25) is 4.99 Å². The van der Waals surface area contributed by atoms with E-state index in [1.54, 1.807) is 0 Å². The van der Waals surface area contributed by atoms with E-state index < -0.39 is 11.7 Å². The fourth-order valence-corrected chi connectivity index (χ4v) is 2.88. The van der Waals surface area contributed by atoms with Crippen molar-refractivity contribution in [1.82, 2.24) is 10.6 Å². The number of guanidine groups is 1. The maximum atomic E-state index is 12.6. The zero-order valence-electron chi connectivity index (χ0n) is 17.8. The third-order valence-corrected chi connectivity index (χ3v) is 4.54. The summed E-state index contributed by atoms with van der Waals surface area (Å²) in [5.41, 5.74) is -0.141. The molecule has 1 aromatic carbocycles. The van der Waals surface area contributed by atoms with Crippen LogP contribution in [0.4, 0.5) is 13.2 Å². The van der Waals surface area contributed by atoms with Crippen molar-refractivity contribution in [3.63, 3.8) is 0 Å². The van der Waals surface area contributed by atoms with Gasteiger partial charge in [0, 0.05) is 45.1 Å². The summed E-state index contributed by atoms with van der Waals surface area (Å²) in [6.45, 7) is 6.79. The lowest BCUT2D eigenvalue weighted by Crippen LogP contribution is -2.37. The van der Waals surface area contributed by atoms with Gasteiger partial charge in [-0.25, -0.2) is 0 Å². The van der Waals surface area contributed by atoms with E-state index in [0.717, 1.165) is 57.8 Å². The molecule has 1 aliphatic rings. The Morgan fingerprint density at radius 1 is 1.19 bits per heavy atom. The summed E-state index contributed by atoms with van der Waals surface area (Å²) in [6.07, 6.45) is -1.36. The molecule has 0 atom stereocenters. The van der Waals surface area contributed by atoms with E-state index >= 15 is 0 Å². The average molecular weight is 553 g/mol. The second-order valence-corrected chi connectivity index (χ2v) is 6.98. The molecule has 0 radical (unpaired) electrons. The van der Waals surface area contributed by atoms with Crippen molar-refractivity contribution in [1.29, 1.82) is 0 Å². The molecule has 9 heteroatoms. The summed E-state index contributed by atoms with van der Waals surface area (Å²) in [6, 6.07) is 4.81. The van der Waals surface area contributed by atoms with Crippen LogP contribution in [0, 0.1) is 17.8 Å². The number of benzene rings is 1. The summed E-state index contributed by atoms with van der Waals surface area (Å²) in [5.74, 6) is 7.00. The fourth-order valence-electron chi connectivity index (χ4n) is 2.88. The number of halogens is 4. The van der Waals surface area contributed by atoms with Gasteiger partial charge in [-0.05, 0) is 56.4 Å². The number of nitrogens with one attached hydrogen (secondary N) is 2. The lowest BCUT2D eigenvalue weighted by atomic mass is 10.0. The van der Waals surface area contributed by atoms with Gasteiger partial charge < -0.3 is 20.1 Å². The SMILES string of the molecule is CCNC(=NCCCOCC1CCOCC1)NCC#Cc1ccc(C(F)(F)F)cc1.I. The monoisotopic (exact) mass is 553 g/mol. The van der Waals surface area contributed by atoms with Gasteiger partial charge in [0.15, 0.2) is 5.96 Å². The number of rotatable bonds is 8. The van der Waals surface area contributed by atoms with Crippen LogP contribution in [-0.2, 0) is 15.7 Å². The molecular formula is C22H31F3IN3O2. The number of aliphatic imine (C=N–C) groups is 1. The van der Waals surface area contributed by atoms with E-state index in [1.165, 1.54) is 12.1 Å². The molecule has 2 N–H and O–H groups in total. The van der Waals surface area contributed by atoms with Crippen LogP contribution >= 0.6 is 24.0 Å². The molecule has 174 valence electrons. The second kappa shape index (κ2) is 15.3. The van der Waals surface area contributed by atoms with Crippen LogP contribution in [0.3, 0.4) is 0 Å². The predicted molar refractivity (Wildman–Crippen MR) is 127 cm³/mol. The number of alkyl halides is 3. The Balaban J connectivity index is 0.00000480. The first-order valence-electron chi connectivity index (χ1n) is 10.3. The second-order valence-electron chi connectivity index (χ2n) is 6.98. The van der Waals surface area contributed by atoms with Crippen LogP contribution in [0.25, 0.3) is 0 Å². The molecular weight excluding hydrogens is 522 g/mol. The van der Waals surface area contributed by atoms with Crippen molar-refractivity contribution in [2.75, 3.05) is 46.1 Å². The molecule has 0 spiro atoms. The summed E-state index contributed by atoms with van der Waals surface area (Å²) in [4.78, 5) is 4.48. The highest BCUT2D eigenvalue weighted by Crippen LogP contribution is 2.28. The molecule has 0 amide bonds. The van der Waals surface area contributed by atoms with Gasteiger partial charge in [0.25, 0.3) is 0 Å². The molecule has 0 saturated carbocycles. The maximum Gasteiger partial charge on any atom is 0.416 e. The van der Waals surface area contributed by atoms with Crippen molar-refractivity contribution < 1.29 is 22.6 Å². The normalized spacial score (nSPS) is 14.9. The van der Waals surface area contributed by atoms with Gasteiger partial charge in [0.2, 0.25) is 0 Å². The van der Waals surface area contributed by atoms with Gasteiger partial charge in [-0.15, -0.1) is 24.0 Å². The summed E-state index contributed by atoms with van der Waals surface area (Å²) < 4.78 is 48.8. The first-order valence-corrected chi connectivity index (χ1v) is 10.3. The molecule has 0 bridgehead atoms. The smallest absolute Gasteiger partial charge is 0.381 e. The van der Waals surface area contributed by atoms with Crippen LogP contribution in [0.15, 0.2) is 29.3 Å². The van der Waals surface area contributed by atoms with E-state index in [-0.39, 0.29) is 24.0 Å². The summed E-state index contributed by atoms with van der Waals surface area (Å²) in [5, 5.41) is 6.24. The first-order chi connectivity index (χ1) is 14.5. The number of nitrogens with zero attached hydrogens (tertiary/aromatic N) is 1. The lowest BCUT2D eigenvalue weighted by Gasteiger charge is -2.21. The third kappa shape index (κ3) is 11.6. The molecule has 1 aliphatic heterocycles. The number of ether oxygens (including phenoxy) is 2. The maximum absolute atomic E-state index is 12.6. The Morgan fingerprint density at radius 2 is 1.90 bits per heavy atom. The van der Waals surface area contributed by atoms with Gasteiger partial charge in [-0.1, -0.05) is 11.8 Å². The molecule has 1 heterocycles. The summed E-state index contributed by atoms with van der Waals surface area (Å²) >= 11 is 0. The average Bonchev–Trinajstić information content (AvgIpc) is 2.74. The Bertz CT molecular complexity index is 709. The van der Waals surface area contributed by atoms with Crippen LogP contribution in [0.5, 0.6) is 0 Å². The predicted octanol–water partition coefficient (Wildman–Crippen LogP) is 4.06. The number of hydrogen-bond donors (Lipinski definition) is 2. The summed E-state index contributed by atoms with van der Waals surface area (Å²) in [7, 11) is 0. The van der Waals surface area contributed by atoms with Crippen LogP contribution in [-0.4, -0.2) is 52.0 Å². The Hall–Kier alpha value is -1.51. The minimum atomic E-state index is -4.33. The molecule has 1 fully saturated rings. The lowest BCUT2D eigenvalue weighted by molar-refractivity contribution is -0.137. The molecule has 1 aromatic rings. The minimum absolute atomic E-state index is 0. The van der Waals surface area contributed by atoms with Crippen LogP contribution < -0.4 is 10.6 Å². The minimum Gasteiger partial charge on any atom is -0.381 e. The van der Waals surface area contributed by atoms with Crippen molar-refractivity contribution in [3.8, 4) is 11.8 Å². The van der Waals surface area contributed by atoms with Gasteiger partial charge in [-0.2, -0.15) is 13.2 Å². The largest absolute Gasteiger partial charge is 0.416 e. The van der Waals surface area contributed by atoms with Crippen LogP contribution in [0.1, 0.15) is 37.3 Å². The zero-order valence-corrected chi connectivity index (χ0v) is 20.1. The van der Waals surface area contributed by atoms with Gasteiger partial charge in [0.05, 0.1) is 12.1 Å².